The number of rotatable bonds is 2. The number of benzene rings is 2. The van der Waals surface area contributed by atoms with Crippen LogP contribution in [0.2, 0.25) is 0 Å². The Hall–Kier alpha value is -3.06. The second-order valence-electron chi connectivity index (χ2n) is 5.24. The minimum atomic E-state index is -0.377. The van der Waals surface area contributed by atoms with E-state index in [0.717, 1.165) is 28.0 Å². The summed E-state index contributed by atoms with van der Waals surface area (Å²) >= 11 is 0. The molecule has 3 rings (SSSR count). The van der Waals surface area contributed by atoms with Crippen molar-refractivity contribution in [2.45, 2.75) is 6.92 Å². The second-order valence-corrected chi connectivity index (χ2v) is 5.24. The first kappa shape index (κ1) is 14.9. The van der Waals surface area contributed by atoms with Crippen molar-refractivity contribution in [1.82, 2.24) is 0 Å². The number of methoxy groups -OCH3 is 1. The Morgan fingerprint density at radius 1 is 1.22 bits per heavy atom. The molecule has 4 heteroatoms. The van der Waals surface area contributed by atoms with Crippen LogP contribution in [0, 0.1) is 13.5 Å². The first-order valence-electron chi connectivity index (χ1n) is 7.18. The van der Waals surface area contributed by atoms with Crippen LogP contribution in [-0.4, -0.2) is 19.7 Å². The number of carbonyl (C=O) groups is 1. The van der Waals surface area contributed by atoms with E-state index in [1.807, 2.05) is 25.1 Å². The lowest BCUT2D eigenvalue weighted by atomic mass is 9.91. The highest BCUT2D eigenvalue weighted by Gasteiger charge is 2.19. The van der Waals surface area contributed by atoms with Gasteiger partial charge in [-0.3, -0.25) is 0 Å². The van der Waals surface area contributed by atoms with Crippen molar-refractivity contribution in [1.29, 1.82) is 0 Å². The van der Waals surface area contributed by atoms with Crippen LogP contribution in [0.15, 0.2) is 42.5 Å². The van der Waals surface area contributed by atoms with Gasteiger partial charge in [-0.25, -0.2) is 9.64 Å². The summed E-state index contributed by atoms with van der Waals surface area (Å²) in [5.74, 6) is 0.363. The van der Waals surface area contributed by atoms with Crippen LogP contribution in [0.25, 0.3) is 10.4 Å². The lowest BCUT2D eigenvalue weighted by Crippen LogP contribution is -2.09. The minimum Gasteiger partial charge on any atom is -0.489 e. The van der Waals surface area contributed by atoms with Gasteiger partial charge in [0.1, 0.15) is 12.4 Å². The Morgan fingerprint density at radius 3 is 2.74 bits per heavy atom. The first-order chi connectivity index (χ1) is 11.1. The zero-order valence-electron chi connectivity index (χ0n) is 12.9. The summed E-state index contributed by atoms with van der Waals surface area (Å²) in [5.41, 5.74) is 5.01. The smallest absolute Gasteiger partial charge is 0.337 e. The molecule has 0 radical (unpaired) electrons. The van der Waals surface area contributed by atoms with Crippen molar-refractivity contribution in [3.8, 4) is 5.75 Å². The Labute approximate surface area is 134 Å². The molecule has 0 spiro atoms. The number of ether oxygens (including phenoxy) is 2. The van der Waals surface area contributed by atoms with Crippen LogP contribution >= 0.6 is 0 Å². The topological polar surface area (TPSA) is 39.9 Å². The zero-order valence-corrected chi connectivity index (χ0v) is 12.9. The molecule has 0 N–H and O–H groups in total. The van der Waals surface area contributed by atoms with Crippen LogP contribution in [0.1, 0.15) is 27.0 Å². The Kier molecular flexibility index (Phi) is 3.86. The van der Waals surface area contributed by atoms with Crippen molar-refractivity contribution in [3.63, 3.8) is 0 Å². The quantitative estimate of drug-likeness (QED) is 0.618. The van der Waals surface area contributed by atoms with Gasteiger partial charge in [-0.05, 0) is 42.3 Å². The molecule has 0 fully saturated rings. The number of hydrogen-bond donors (Lipinski definition) is 0. The van der Waals surface area contributed by atoms with Gasteiger partial charge in [0.05, 0.1) is 19.2 Å². The van der Waals surface area contributed by atoms with Crippen molar-refractivity contribution in [2.75, 3.05) is 13.7 Å². The van der Waals surface area contributed by atoms with E-state index in [4.69, 9.17) is 16.0 Å². The number of hydrogen-bond acceptors (Lipinski definition) is 3. The summed E-state index contributed by atoms with van der Waals surface area (Å²) in [5, 5.41) is 0. The van der Waals surface area contributed by atoms with E-state index in [0.29, 0.717) is 17.9 Å². The molecule has 0 unspecified atom stereocenters. The molecule has 2 aromatic carbocycles. The zero-order chi connectivity index (χ0) is 16.4. The van der Waals surface area contributed by atoms with Gasteiger partial charge in [0.15, 0.2) is 5.69 Å². The van der Waals surface area contributed by atoms with E-state index in [1.165, 1.54) is 7.11 Å². The molecule has 4 nitrogen and oxygen atoms in total. The number of carbonyl (C=O) groups excluding carboxylic acids is 1. The Balaban J connectivity index is 2.11. The molecule has 0 aromatic heterocycles. The highest BCUT2D eigenvalue weighted by atomic mass is 16.5. The summed E-state index contributed by atoms with van der Waals surface area (Å²) in [4.78, 5) is 15.2. The van der Waals surface area contributed by atoms with E-state index in [9.17, 15) is 4.79 Å². The molecule has 1 aliphatic rings. The molecular weight excluding hydrogens is 290 g/mol. The highest BCUT2D eigenvalue weighted by Crippen LogP contribution is 2.37. The lowest BCUT2D eigenvalue weighted by Gasteiger charge is -2.21. The standard InChI is InChI=1S/C19H15NO3/c1-12-10-14(20-2)5-6-15(12)16-8-9-23-18-7-4-13(11-17(16)18)19(21)22-3/h4-8,10-11H,9H2,1,3H3. The molecule has 1 aliphatic heterocycles. The third-order valence-electron chi connectivity index (χ3n) is 3.85. The highest BCUT2D eigenvalue weighted by molar-refractivity contribution is 5.93. The van der Waals surface area contributed by atoms with E-state index >= 15 is 0 Å². The summed E-state index contributed by atoms with van der Waals surface area (Å²) < 4.78 is 10.4. The first-order valence-corrected chi connectivity index (χ1v) is 7.18. The third-order valence-corrected chi connectivity index (χ3v) is 3.85. The second kappa shape index (κ2) is 5.98. The van der Waals surface area contributed by atoms with E-state index in [1.54, 1.807) is 24.3 Å². The molecular formula is C19H15NO3. The molecule has 0 amide bonds. The normalized spacial score (nSPS) is 12.5. The number of esters is 1. The lowest BCUT2D eigenvalue weighted by molar-refractivity contribution is 0.0600. The maximum atomic E-state index is 11.8. The molecule has 0 saturated carbocycles. The van der Waals surface area contributed by atoms with E-state index in [2.05, 4.69) is 4.85 Å². The maximum Gasteiger partial charge on any atom is 0.337 e. The average molecular weight is 305 g/mol. The molecule has 2 aromatic rings. The fourth-order valence-corrected chi connectivity index (χ4v) is 2.71. The summed E-state index contributed by atoms with van der Waals surface area (Å²) in [6.07, 6.45) is 1.99. The summed E-state index contributed by atoms with van der Waals surface area (Å²) in [6.45, 7) is 9.56. The van der Waals surface area contributed by atoms with Crippen LogP contribution in [0.3, 0.4) is 0 Å². The van der Waals surface area contributed by atoms with Gasteiger partial charge in [-0.2, -0.15) is 0 Å². The van der Waals surface area contributed by atoms with Crippen LogP contribution in [-0.2, 0) is 4.74 Å². The van der Waals surface area contributed by atoms with Gasteiger partial charge in [0, 0.05) is 5.56 Å². The van der Waals surface area contributed by atoms with Gasteiger partial charge < -0.3 is 9.47 Å². The minimum absolute atomic E-state index is 0.377. The molecule has 0 bridgehead atoms. The average Bonchev–Trinajstić information content (AvgIpc) is 2.60. The molecule has 114 valence electrons. The van der Waals surface area contributed by atoms with Crippen LogP contribution < -0.4 is 4.74 Å². The monoisotopic (exact) mass is 305 g/mol. The van der Waals surface area contributed by atoms with Crippen LogP contribution in [0.4, 0.5) is 5.69 Å². The molecule has 0 atom stereocenters. The Morgan fingerprint density at radius 2 is 2.04 bits per heavy atom. The fraction of sp³-hybridized carbons (Fsp3) is 0.158. The summed E-state index contributed by atoms with van der Waals surface area (Å²) in [6, 6.07) is 10.9. The van der Waals surface area contributed by atoms with Crippen molar-refractivity contribution >= 4 is 17.2 Å². The van der Waals surface area contributed by atoms with Gasteiger partial charge >= 0.3 is 5.97 Å². The number of fused-ring (bicyclic) bond motifs is 1. The van der Waals surface area contributed by atoms with Crippen molar-refractivity contribution in [3.05, 3.63) is 76.1 Å². The Bertz CT molecular complexity index is 859. The fourth-order valence-electron chi connectivity index (χ4n) is 2.71. The predicted molar refractivity (Wildman–Crippen MR) is 87.8 cm³/mol. The van der Waals surface area contributed by atoms with Crippen molar-refractivity contribution in [2.24, 2.45) is 0 Å². The molecule has 1 heterocycles. The van der Waals surface area contributed by atoms with Gasteiger partial charge in [0.25, 0.3) is 0 Å². The number of nitrogens with zero attached hydrogens (tertiary/aromatic N) is 1. The van der Waals surface area contributed by atoms with E-state index < -0.39 is 0 Å². The molecule has 0 aliphatic carbocycles. The van der Waals surface area contributed by atoms with Gasteiger partial charge in [-0.1, -0.05) is 23.8 Å². The third kappa shape index (κ3) is 2.69. The number of aryl methyl sites for hydroxylation is 1. The van der Waals surface area contributed by atoms with Gasteiger partial charge in [0.2, 0.25) is 0 Å². The largest absolute Gasteiger partial charge is 0.489 e. The van der Waals surface area contributed by atoms with Gasteiger partial charge in [-0.15, -0.1) is 0 Å². The maximum absolute atomic E-state index is 11.8. The predicted octanol–water partition coefficient (Wildman–Crippen LogP) is 4.16. The summed E-state index contributed by atoms with van der Waals surface area (Å²) in [7, 11) is 1.36. The van der Waals surface area contributed by atoms with Crippen LogP contribution in [0.5, 0.6) is 5.75 Å². The van der Waals surface area contributed by atoms with Crippen molar-refractivity contribution < 1.29 is 14.3 Å². The van der Waals surface area contributed by atoms with E-state index in [-0.39, 0.29) is 5.97 Å². The SMILES string of the molecule is [C-]#[N+]c1ccc(C2=CCOc3ccc(C(=O)OC)cc32)c(C)c1. The molecule has 23 heavy (non-hydrogen) atoms. The molecule has 0 saturated heterocycles.